The molecule has 12 aromatic carbocycles. The Morgan fingerprint density at radius 2 is 0.794 bits per heavy atom. The molecule has 0 saturated heterocycles. The Morgan fingerprint density at radius 1 is 0.250 bits per heavy atom. The van der Waals surface area contributed by atoms with Crippen molar-refractivity contribution >= 4 is 71.2 Å². The topological polar surface area (TPSA) is 8.17 Å². The lowest BCUT2D eigenvalue weighted by Crippen LogP contribution is -2.10. The molecular weight excluding hydrogens is 821 g/mol. The van der Waals surface area contributed by atoms with E-state index >= 15 is 0 Å². The van der Waals surface area contributed by atoms with Crippen LogP contribution in [0.15, 0.2) is 267 Å². The molecule has 0 saturated carbocycles. The molecule has 0 radical (unpaired) electrons. The molecule has 0 amide bonds. The van der Waals surface area contributed by atoms with Gasteiger partial charge in [0.25, 0.3) is 0 Å². The van der Waals surface area contributed by atoms with Crippen molar-refractivity contribution in [2.24, 2.45) is 0 Å². The first-order chi connectivity index (χ1) is 33.7. The first-order valence-corrected chi connectivity index (χ1v) is 23.4. The summed E-state index contributed by atoms with van der Waals surface area (Å²) in [7, 11) is 0. The number of benzene rings is 12. The highest BCUT2D eigenvalue weighted by Gasteiger charge is 2.20. The summed E-state index contributed by atoms with van der Waals surface area (Å²) in [6.45, 7) is 0. The third kappa shape index (κ3) is 6.82. The van der Waals surface area contributed by atoms with Gasteiger partial charge in [0.2, 0.25) is 0 Å². The number of hydrogen-bond donors (Lipinski definition) is 0. The predicted molar refractivity (Wildman–Crippen MR) is 290 cm³/mol. The van der Waals surface area contributed by atoms with Gasteiger partial charge in [-0.05, 0) is 138 Å². The average Bonchev–Trinajstić information content (AvgIpc) is 3.76. The van der Waals surface area contributed by atoms with Crippen molar-refractivity contribution in [1.82, 2.24) is 4.57 Å². The maximum atomic E-state index is 2.43. The van der Waals surface area contributed by atoms with E-state index in [-0.39, 0.29) is 0 Å². The summed E-state index contributed by atoms with van der Waals surface area (Å²) in [4.78, 5) is 2.41. The molecule has 68 heavy (non-hydrogen) atoms. The lowest BCUT2D eigenvalue weighted by atomic mass is 9.94. The van der Waals surface area contributed by atoms with Gasteiger partial charge in [-0.1, -0.05) is 200 Å². The maximum Gasteiger partial charge on any atom is 0.0619 e. The number of nitrogens with zero attached hydrogens (tertiary/aromatic N) is 2. The quantitative estimate of drug-likeness (QED) is 0.138. The van der Waals surface area contributed by atoms with Gasteiger partial charge in [-0.2, -0.15) is 0 Å². The van der Waals surface area contributed by atoms with Crippen LogP contribution in [0.4, 0.5) is 17.1 Å². The summed E-state index contributed by atoms with van der Waals surface area (Å²) >= 11 is 0. The first-order valence-electron chi connectivity index (χ1n) is 23.4. The Balaban J connectivity index is 0.956. The Morgan fingerprint density at radius 3 is 1.59 bits per heavy atom. The van der Waals surface area contributed by atoms with Crippen LogP contribution in [0.1, 0.15) is 0 Å². The van der Waals surface area contributed by atoms with E-state index in [1.54, 1.807) is 0 Å². The minimum absolute atomic E-state index is 1.08. The largest absolute Gasteiger partial charge is 0.310 e. The Labute approximate surface area is 395 Å². The maximum absolute atomic E-state index is 2.43. The molecule has 0 atom stereocenters. The van der Waals surface area contributed by atoms with Crippen LogP contribution in [0, 0.1) is 0 Å². The third-order valence-corrected chi connectivity index (χ3v) is 13.7. The molecule has 2 heteroatoms. The molecule has 318 valence electrons. The van der Waals surface area contributed by atoms with Crippen molar-refractivity contribution in [3.8, 4) is 50.2 Å². The van der Waals surface area contributed by atoms with Crippen LogP contribution >= 0.6 is 0 Å². The molecule has 0 aliphatic heterocycles. The third-order valence-electron chi connectivity index (χ3n) is 13.7. The molecule has 0 spiro atoms. The van der Waals surface area contributed by atoms with Crippen LogP contribution in [0.2, 0.25) is 0 Å². The highest BCUT2D eigenvalue weighted by atomic mass is 15.1. The van der Waals surface area contributed by atoms with Crippen molar-refractivity contribution in [3.63, 3.8) is 0 Å². The van der Waals surface area contributed by atoms with Gasteiger partial charge in [0.15, 0.2) is 0 Å². The van der Waals surface area contributed by atoms with Gasteiger partial charge in [-0.15, -0.1) is 0 Å². The monoisotopic (exact) mass is 864 g/mol. The standard InChI is InChI=1S/C66H44N2/c1-2-22-54(23-3-1)68-65-32-9-8-27-63(65)64-31-14-29-60(66(64)68)53-21-12-25-57(44-53)67(56-24-11-20-52(43-56)59-28-13-30-61-58-26-7-6-16-47(58)37-40-62(59)61)55-38-35-46(36-39-55)49-18-10-19-50(41-49)51-34-33-45-15-4-5-17-48(45)42-51/h1-44H. The number of anilines is 3. The van der Waals surface area contributed by atoms with E-state index in [4.69, 9.17) is 0 Å². The Hall–Kier alpha value is -8.98. The van der Waals surface area contributed by atoms with Gasteiger partial charge in [0, 0.05) is 39.1 Å². The molecular formula is C66H44N2. The fourth-order valence-electron chi connectivity index (χ4n) is 10.5. The molecule has 0 aliphatic carbocycles. The van der Waals surface area contributed by atoms with Crippen molar-refractivity contribution in [2.45, 2.75) is 0 Å². The molecule has 0 aliphatic rings. The van der Waals surface area contributed by atoms with Gasteiger partial charge in [0.05, 0.1) is 11.0 Å². The molecule has 0 fully saturated rings. The average molecular weight is 865 g/mol. The van der Waals surface area contributed by atoms with Crippen LogP contribution in [0.5, 0.6) is 0 Å². The summed E-state index contributed by atoms with van der Waals surface area (Å²) in [5.41, 5.74) is 16.3. The Kier molecular flexibility index (Phi) is 9.54. The van der Waals surface area contributed by atoms with Crippen molar-refractivity contribution in [1.29, 1.82) is 0 Å². The SMILES string of the molecule is c1ccc(-n2c3ccccc3c3cccc(-c4cccc(N(c5ccc(-c6cccc(-c7ccc8ccccc8c7)c6)cc5)c5cccc(-c6cccc7c6ccc6ccccc67)c5)c4)c32)cc1. The predicted octanol–water partition coefficient (Wildman–Crippen LogP) is 18.4. The van der Waals surface area contributed by atoms with Gasteiger partial charge in [-0.3, -0.25) is 0 Å². The van der Waals surface area contributed by atoms with Crippen LogP contribution < -0.4 is 4.90 Å². The van der Waals surface area contributed by atoms with E-state index in [0.29, 0.717) is 0 Å². The van der Waals surface area contributed by atoms with Crippen LogP contribution in [-0.4, -0.2) is 4.57 Å². The van der Waals surface area contributed by atoms with E-state index in [2.05, 4.69) is 276 Å². The smallest absolute Gasteiger partial charge is 0.0619 e. The molecule has 13 rings (SSSR count). The normalized spacial score (nSPS) is 11.5. The van der Waals surface area contributed by atoms with E-state index in [0.717, 1.165) is 28.3 Å². The van der Waals surface area contributed by atoms with Crippen LogP contribution in [0.25, 0.3) is 104 Å². The second kappa shape index (κ2) is 16.5. The molecule has 13 aromatic rings. The molecule has 0 bridgehead atoms. The van der Waals surface area contributed by atoms with Gasteiger partial charge >= 0.3 is 0 Å². The van der Waals surface area contributed by atoms with Crippen molar-refractivity contribution in [3.05, 3.63) is 267 Å². The van der Waals surface area contributed by atoms with Crippen LogP contribution in [-0.2, 0) is 0 Å². The number of hydrogen-bond acceptors (Lipinski definition) is 1. The molecule has 1 heterocycles. The number of rotatable bonds is 8. The van der Waals surface area contributed by atoms with E-state index in [9.17, 15) is 0 Å². The summed E-state index contributed by atoms with van der Waals surface area (Å²) in [6, 6.07) is 97.6. The zero-order valence-corrected chi connectivity index (χ0v) is 37.3. The zero-order chi connectivity index (χ0) is 45.0. The number of fused-ring (bicyclic) bond motifs is 7. The second-order valence-corrected chi connectivity index (χ2v) is 17.7. The summed E-state index contributed by atoms with van der Waals surface area (Å²) < 4.78 is 2.43. The highest BCUT2D eigenvalue weighted by Crippen LogP contribution is 2.43. The fraction of sp³-hybridized carbons (Fsp3) is 0. The van der Waals surface area contributed by atoms with Crippen molar-refractivity contribution < 1.29 is 0 Å². The van der Waals surface area contributed by atoms with E-state index in [1.807, 2.05) is 0 Å². The minimum Gasteiger partial charge on any atom is -0.310 e. The van der Waals surface area contributed by atoms with Gasteiger partial charge < -0.3 is 9.47 Å². The molecule has 2 nitrogen and oxygen atoms in total. The second-order valence-electron chi connectivity index (χ2n) is 17.7. The molecule has 0 N–H and O–H groups in total. The first kappa shape index (κ1) is 39.4. The van der Waals surface area contributed by atoms with E-state index in [1.165, 1.54) is 93.1 Å². The Bertz CT molecular complexity index is 4030. The van der Waals surface area contributed by atoms with Gasteiger partial charge in [0.1, 0.15) is 0 Å². The van der Waals surface area contributed by atoms with Crippen LogP contribution in [0.3, 0.4) is 0 Å². The highest BCUT2D eigenvalue weighted by molar-refractivity contribution is 6.14. The lowest BCUT2D eigenvalue weighted by Gasteiger charge is -2.27. The van der Waals surface area contributed by atoms with Gasteiger partial charge in [-0.25, -0.2) is 0 Å². The molecule has 0 unspecified atom stereocenters. The summed E-state index contributed by atoms with van der Waals surface area (Å²) in [6.07, 6.45) is 0. The number of aromatic nitrogens is 1. The summed E-state index contributed by atoms with van der Waals surface area (Å²) in [5, 5.41) is 10.0. The fourth-order valence-corrected chi connectivity index (χ4v) is 10.5. The molecule has 1 aromatic heterocycles. The minimum atomic E-state index is 1.08. The zero-order valence-electron chi connectivity index (χ0n) is 37.3. The number of para-hydroxylation sites is 3. The van der Waals surface area contributed by atoms with Crippen molar-refractivity contribution in [2.75, 3.05) is 4.90 Å². The lowest BCUT2D eigenvalue weighted by molar-refractivity contribution is 1.18. The summed E-state index contributed by atoms with van der Waals surface area (Å²) in [5.74, 6) is 0. The van der Waals surface area contributed by atoms with E-state index < -0.39 is 0 Å².